The lowest BCUT2D eigenvalue weighted by molar-refractivity contribution is 0.373. The van der Waals surface area contributed by atoms with Crippen molar-refractivity contribution >= 4 is 17.3 Å². The van der Waals surface area contributed by atoms with Gasteiger partial charge in [-0.1, -0.05) is 6.07 Å². The zero-order chi connectivity index (χ0) is 18.9. The molecule has 5 nitrogen and oxygen atoms in total. The average molecular weight is 376 g/mol. The molecular weight excluding hydrogens is 346 g/mol. The molecule has 0 radical (unpaired) electrons. The smallest absolute Gasteiger partial charge is 0.191 e. The molecule has 0 aliphatic heterocycles. The average Bonchev–Trinajstić information content (AvgIpc) is 3.01. The van der Waals surface area contributed by atoms with Crippen LogP contribution in [0.1, 0.15) is 29.2 Å². The molecule has 3 N–H and O–H groups in total. The number of ether oxygens (including phenoxy) is 1. The number of rotatable bonds is 8. The predicted octanol–water partition coefficient (Wildman–Crippen LogP) is 3.50. The molecule has 0 saturated heterocycles. The van der Waals surface area contributed by atoms with Gasteiger partial charge in [-0.3, -0.25) is 4.99 Å². The highest BCUT2D eigenvalue weighted by Crippen LogP contribution is 2.26. The van der Waals surface area contributed by atoms with Crippen molar-refractivity contribution in [2.45, 2.75) is 39.7 Å². The van der Waals surface area contributed by atoms with E-state index in [1.165, 1.54) is 9.75 Å². The van der Waals surface area contributed by atoms with Crippen molar-refractivity contribution < 1.29 is 9.84 Å². The maximum absolute atomic E-state index is 9.67. The van der Waals surface area contributed by atoms with Crippen molar-refractivity contribution in [2.24, 2.45) is 4.99 Å². The number of methoxy groups -OCH3 is 1. The Morgan fingerprint density at radius 2 is 2.12 bits per heavy atom. The van der Waals surface area contributed by atoms with Crippen molar-refractivity contribution in [2.75, 3.05) is 20.2 Å². The van der Waals surface area contributed by atoms with E-state index in [4.69, 9.17) is 4.74 Å². The molecule has 1 aromatic heterocycles. The Bertz CT molecular complexity index is 728. The van der Waals surface area contributed by atoms with Crippen LogP contribution in [-0.2, 0) is 12.8 Å². The Morgan fingerprint density at radius 1 is 1.31 bits per heavy atom. The first kappa shape index (κ1) is 20.1. The third-order valence-corrected chi connectivity index (χ3v) is 4.97. The number of phenolic OH excluding ortho intramolecular Hbond substituents is 1. The van der Waals surface area contributed by atoms with E-state index >= 15 is 0 Å². The minimum Gasteiger partial charge on any atom is -0.504 e. The van der Waals surface area contributed by atoms with Gasteiger partial charge in [-0.15, -0.1) is 11.3 Å². The van der Waals surface area contributed by atoms with Crippen LogP contribution >= 0.6 is 11.3 Å². The van der Waals surface area contributed by atoms with Gasteiger partial charge in [-0.2, -0.15) is 0 Å². The van der Waals surface area contributed by atoms with Crippen LogP contribution in [-0.4, -0.2) is 37.3 Å². The summed E-state index contributed by atoms with van der Waals surface area (Å²) in [5.41, 5.74) is 1.08. The third kappa shape index (κ3) is 6.26. The van der Waals surface area contributed by atoms with Crippen LogP contribution in [0.4, 0.5) is 0 Å². The SMILES string of the molecule is CCNC(=NCCc1ccc(O)c(OC)c1)NC(C)Cc1ccc(C)s1. The van der Waals surface area contributed by atoms with Gasteiger partial charge in [0.15, 0.2) is 17.5 Å². The number of aryl methyl sites for hydroxylation is 1. The number of benzene rings is 1. The Balaban J connectivity index is 1.91. The molecule has 0 amide bonds. The second-order valence-electron chi connectivity index (χ2n) is 6.28. The highest BCUT2D eigenvalue weighted by atomic mass is 32.1. The number of nitrogens with one attached hydrogen (secondary N) is 2. The molecule has 142 valence electrons. The van der Waals surface area contributed by atoms with Crippen molar-refractivity contribution in [3.63, 3.8) is 0 Å². The lowest BCUT2D eigenvalue weighted by Gasteiger charge is -2.17. The predicted molar refractivity (Wildman–Crippen MR) is 110 cm³/mol. The van der Waals surface area contributed by atoms with Crippen molar-refractivity contribution in [3.05, 3.63) is 45.6 Å². The Morgan fingerprint density at radius 3 is 2.77 bits per heavy atom. The van der Waals surface area contributed by atoms with E-state index in [0.29, 0.717) is 18.3 Å². The summed E-state index contributed by atoms with van der Waals surface area (Å²) in [4.78, 5) is 7.40. The molecule has 6 heteroatoms. The molecule has 2 aromatic rings. The maximum atomic E-state index is 9.67. The van der Waals surface area contributed by atoms with Crippen molar-refractivity contribution in [1.82, 2.24) is 10.6 Å². The molecule has 0 fully saturated rings. The number of aromatic hydroxyl groups is 1. The molecule has 0 aliphatic carbocycles. The van der Waals surface area contributed by atoms with Gasteiger partial charge in [0.25, 0.3) is 0 Å². The Kier molecular flexibility index (Phi) is 7.78. The molecule has 1 heterocycles. The third-order valence-electron chi connectivity index (χ3n) is 3.95. The molecule has 0 spiro atoms. The second kappa shape index (κ2) is 10.1. The quantitative estimate of drug-likeness (QED) is 0.488. The van der Waals surface area contributed by atoms with E-state index in [1.54, 1.807) is 13.2 Å². The minimum atomic E-state index is 0.160. The number of nitrogens with zero attached hydrogens (tertiary/aromatic N) is 1. The number of hydrogen-bond donors (Lipinski definition) is 3. The van der Waals surface area contributed by atoms with Crippen LogP contribution < -0.4 is 15.4 Å². The van der Waals surface area contributed by atoms with Gasteiger partial charge < -0.3 is 20.5 Å². The standard InChI is InChI=1S/C20H29N3O2S/c1-5-21-20(23-14(2)12-17-8-6-15(3)26-17)22-11-10-16-7-9-18(24)19(13-16)25-4/h6-9,13-14,24H,5,10-12H2,1-4H3,(H2,21,22,23). The van der Waals surface area contributed by atoms with E-state index in [-0.39, 0.29) is 5.75 Å². The van der Waals surface area contributed by atoms with Gasteiger partial charge in [0.2, 0.25) is 0 Å². The fourth-order valence-electron chi connectivity index (χ4n) is 2.68. The first-order valence-electron chi connectivity index (χ1n) is 8.97. The summed E-state index contributed by atoms with van der Waals surface area (Å²) in [5, 5.41) is 16.4. The maximum Gasteiger partial charge on any atom is 0.191 e. The summed E-state index contributed by atoms with van der Waals surface area (Å²) in [6, 6.07) is 10.1. The molecule has 1 unspecified atom stereocenters. The lowest BCUT2D eigenvalue weighted by atomic mass is 10.1. The highest BCUT2D eigenvalue weighted by Gasteiger charge is 2.08. The van der Waals surface area contributed by atoms with Crippen LogP contribution in [0.25, 0.3) is 0 Å². The second-order valence-corrected chi connectivity index (χ2v) is 7.65. The fraction of sp³-hybridized carbons (Fsp3) is 0.450. The number of thiophene rings is 1. The number of hydrogen-bond acceptors (Lipinski definition) is 4. The summed E-state index contributed by atoms with van der Waals surface area (Å²) < 4.78 is 5.15. The summed E-state index contributed by atoms with van der Waals surface area (Å²) >= 11 is 1.84. The van der Waals surface area contributed by atoms with Crippen LogP contribution in [0.3, 0.4) is 0 Å². The van der Waals surface area contributed by atoms with E-state index in [9.17, 15) is 5.11 Å². The van der Waals surface area contributed by atoms with Gasteiger partial charge in [-0.05, 0) is 57.0 Å². The Hall–Kier alpha value is -2.21. The monoisotopic (exact) mass is 375 g/mol. The van der Waals surface area contributed by atoms with E-state index in [0.717, 1.165) is 30.9 Å². The van der Waals surface area contributed by atoms with Crippen molar-refractivity contribution in [1.29, 1.82) is 0 Å². The van der Waals surface area contributed by atoms with E-state index in [2.05, 4.69) is 48.5 Å². The molecule has 0 bridgehead atoms. The van der Waals surface area contributed by atoms with E-state index < -0.39 is 0 Å². The van der Waals surface area contributed by atoms with Crippen LogP contribution in [0.5, 0.6) is 11.5 Å². The van der Waals surface area contributed by atoms with Crippen LogP contribution in [0, 0.1) is 6.92 Å². The number of guanidine groups is 1. The first-order valence-corrected chi connectivity index (χ1v) is 9.79. The zero-order valence-electron chi connectivity index (χ0n) is 16.0. The lowest BCUT2D eigenvalue weighted by Crippen LogP contribution is -2.43. The largest absolute Gasteiger partial charge is 0.504 e. The summed E-state index contributed by atoms with van der Waals surface area (Å²) in [6.07, 6.45) is 1.77. The molecule has 1 atom stereocenters. The van der Waals surface area contributed by atoms with Crippen molar-refractivity contribution in [3.8, 4) is 11.5 Å². The van der Waals surface area contributed by atoms with E-state index in [1.807, 2.05) is 23.5 Å². The first-order chi connectivity index (χ1) is 12.5. The normalized spacial score (nSPS) is 12.7. The summed E-state index contributed by atoms with van der Waals surface area (Å²) in [5.74, 6) is 1.49. The summed E-state index contributed by atoms with van der Waals surface area (Å²) in [6.45, 7) is 7.86. The fourth-order valence-corrected chi connectivity index (χ4v) is 3.69. The zero-order valence-corrected chi connectivity index (χ0v) is 16.8. The molecule has 0 aliphatic rings. The molecule has 26 heavy (non-hydrogen) atoms. The Labute approximate surface area is 160 Å². The van der Waals surface area contributed by atoms with Gasteiger partial charge in [-0.25, -0.2) is 0 Å². The van der Waals surface area contributed by atoms with Gasteiger partial charge in [0.05, 0.1) is 7.11 Å². The highest BCUT2D eigenvalue weighted by molar-refractivity contribution is 7.11. The van der Waals surface area contributed by atoms with Gasteiger partial charge >= 0.3 is 0 Å². The number of phenols is 1. The minimum absolute atomic E-state index is 0.160. The van der Waals surface area contributed by atoms with Crippen LogP contribution in [0.15, 0.2) is 35.3 Å². The van der Waals surface area contributed by atoms with Gasteiger partial charge in [0.1, 0.15) is 0 Å². The number of aliphatic imine (C=N–C) groups is 1. The summed E-state index contributed by atoms with van der Waals surface area (Å²) in [7, 11) is 1.56. The topological polar surface area (TPSA) is 65.9 Å². The molecule has 0 saturated carbocycles. The van der Waals surface area contributed by atoms with Crippen LogP contribution in [0.2, 0.25) is 0 Å². The van der Waals surface area contributed by atoms with Gasteiger partial charge in [0, 0.05) is 35.3 Å². The molecule has 1 aromatic carbocycles. The molecule has 2 rings (SSSR count). The molecular formula is C20H29N3O2S.